The summed E-state index contributed by atoms with van der Waals surface area (Å²) in [6.07, 6.45) is 0. The summed E-state index contributed by atoms with van der Waals surface area (Å²) in [6.45, 7) is 0. The lowest BCUT2D eigenvalue weighted by atomic mass is 9.91. The number of hydrogen-bond acceptors (Lipinski definition) is 3. The van der Waals surface area contributed by atoms with Gasteiger partial charge in [-0.2, -0.15) is 0 Å². The molecule has 0 N–H and O–H groups in total. The second-order valence-electron chi connectivity index (χ2n) is 27.3. The molecule has 0 unspecified atom stereocenters. The Kier molecular flexibility index (Phi) is 14.3. The van der Waals surface area contributed by atoms with Gasteiger partial charge in [-0.05, 0) is 154 Å². The van der Waals surface area contributed by atoms with Crippen LogP contribution in [0.25, 0.3) is 163 Å². The first kappa shape index (κ1) is 60.2. The molecule has 5 heteroatoms. The lowest BCUT2D eigenvalue weighted by molar-refractivity contribution is 1.02. The lowest BCUT2D eigenvalue weighted by Crippen LogP contribution is -2.14. The maximum Gasteiger partial charge on any atom is 0.0495 e. The molecule has 0 fully saturated rings. The number of rotatable bonds is 0. The second kappa shape index (κ2) is 24.2. The molecule has 23 rings (SSSR count). The van der Waals surface area contributed by atoms with Crippen LogP contribution in [-0.2, 0) is 14.1 Å². The van der Waals surface area contributed by atoms with E-state index in [9.17, 15) is 0 Å². The van der Waals surface area contributed by atoms with Crippen molar-refractivity contribution < 1.29 is 0 Å². The fourth-order valence-electron chi connectivity index (χ4n) is 16.9. The van der Waals surface area contributed by atoms with E-state index in [-0.39, 0.29) is 0 Å². The zero-order valence-corrected chi connectivity index (χ0v) is 57.6. The SMILES string of the molecule is CN1c2cccc3ccc4ccc5cccc1c5c4c23.CN1c2ccccc2-c2cccc3cccc1c23.CN1c2ccccc2-c2ccccc2-c2ccccc21.Cn1c2cc3ccccc3cc2c2cc3ccccc3cc21.Cn1c2ccc3ccccc3c2c2c3ccccc3ccc21. The predicted octanol–water partition coefficient (Wildman–Crippen LogP) is 26.2. The van der Waals surface area contributed by atoms with Crippen LogP contribution in [0.5, 0.6) is 0 Å². The van der Waals surface area contributed by atoms with E-state index in [1.165, 1.54) is 197 Å². The number of fused-ring (bicyclic) bond motifs is 19. The van der Waals surface area contributed by atoms with Gasteiger partial charge in [-0.15, -0.1) is 0 Å². The number of anilines is 6. The van der Waals surface area contributed by atoms with E-state index >= 15 is 0 Å². The first-order valence-corrected chi connectivity index (χ1v) is 35.3. The van der Waals surface area contributed by atoms with Gasteiger partial charge in [-0.3, -0.25) is 0 Å². The Balaban J connectivity index is 0.0000000884. The van der Waals surface area contributed by atoms with Gasteiger partial charge in [-0.25, -0.2) is 0 Å². The van der Waals surface area contributed by atoms with E-state index in [1.807, 2.05) is 0 Å². The van der Waals surface area contributed by atoms with Gasteiger partial charge in [-0.1, -0.05) is 267 Å². The van der Waals surface area contributed by atoms with Gasteiger partial charge >= 0.3 is 0 Å². The summed E-state index contributed by atoms with van der Waals surface area (Å²) in [5.74, 6) is 0. The summed E-state index contributed by atoms with van der Waals surface area (Å²) in [4.78, 5) is 6.88. The summed E-state index contributed by atoms with van der Waals surface area (Å²) in [7, 11) is 10.8. The van der Waals surface area contributed by atoms with E-state index in [4.69, 9.17) is 0 Å². The first-order valence-electron chi connectivity index (χ1n) is 35.3. The van der Waals surface area contributed by atoms with Gasteiger partial charge in [0.05, 0.1) is 0 Å². The van der Waals surface area contributed by atoms with Gasteiger partial charge in [0.1, 0.15) is 0 Å². The first-order chi connectivity index (χ1) is 50.2. The Hall–Kier alpha value is -13.0. The van der Waals surface area contributed by atoms with Crippen LogP contribution in [0, 0.1) is 0 Å². The third-order valence-electron chi connectivity index (χ3n) is 21.9. The van der Waals surface area contributed by atoms with Crippen LogP contribution in [0.2, 0.25) is 0 Å². The quantitative estimate of drug-likeness (QED) is 0.141. The van der Waals surface area contributed by atoms with Crippen molar-refractivity contribution in [1.29, 1.82) is 0 Å². The molecule has 3 aliphatic rings. The molecule has 18 aromatic carbocycles. The smallest absolute Gasteiger partial charge is 0.0495 e. The standard InChI is InChI=1S/2C21H15N.C19H13N.C19H15N.C17H13N/c1-22-20-12-16-8-4-2-6-14(16)10-18(20)19-11-15-7-3-5-9-17(15)13-21(19)22;1-22-18-12-10-14-6-2-4-8-16(14)20(18)21-17-9-5-3-7-15(17)11-13-19(21)22;1-20-15-6-2-4-12-8-10-14-11-9-13-5-3-7-16(20)18(13)19(14)17(12)15;1-20-18-12-6-4-10-16(18)14-8-2-3-9-15(14)17-11-5-7-13-19(17)20;1-18-15-10-3-2-8-13(15)14-9-4-6-12-7-5-11-16(18)17(12)14/h2*2-13H,1H3;2-11H,1H3;2-13H,1H3;2-11H,1H3. The van der Waals surface area contributed by atoms with Crippen LogP contribution in [0.1, 0.15) is 0 Å². The van der Waals surface area contributed by atoms with E-state index in [0.29, 0.717) is 0 Å². The van der Waals surface area contributed by atoms with E-state index in [0.717, 1.165) is 0 Å². The molecular formula is C97H71N5. The van der Waals surface area contributed by atoms with Crippen molar-refractivity contribution in [3.63, 3.8) is 0 Å². The van der Waals surface area contributed by atoms with Crippen molar-refractivity contribution in [1.82, 2.24) is 9.13 Å². The minimum Gasteiger partial charge on any atom is -0.344 e. The lowest BCUT2D eigenvalue weighted by Gasteiger charge is -2.30. The predicted molar refractivity (Wildman–Crippen MR) is 441 cm³/mol. The molecule has 0 bridgehead atoms. The number of nitrogens with zero attached hydrogens (tertiary/aromatic N) is 5. The molecule has 0 saturated heterocycles. The normalized spacial score (nSPS) is 12.3. The molecule has 5 heterocycles. The fourth-order valence-corrected chi connectivity index (χ4v) is 16.9. The van der Waals surface area contributed by atoms with E-state index in [1.54, 1.807) is 0 Å². The van der Waals surface area contributed by atoms with Crippen molar-refractivity contribution in [3.05, 3.63) is 340 Å². The summed E-state index contributed by atoms with van der Waals surface area (Å²) < 4.78 is 4.62. The van der Waals surface area contributed by atoms with Gasteiger partial charge < -0.3 is 23.8 Å². The average Bonchev–Trinajstić information content (AvgIpc) is 1.25. The number of aryl methyl sites for hydroxylation is 2. The van der Waals surface area contributed by atoms with Gasteiger partial charge in [0.15, 0.2) is 0 Å². The van der Waals surface area contributed by atoms with Gasteiger partial charge in [0.25, 0.3) is 0 Å². The highest BCUT2D eigenvalue weighted by Crippen LogP contribution is 2.50. The third kappa shape index (κ3) is 9.60. The highest BCUT2D eigenvalue weighted by molar-refractivity contribution is 6.30. The zero-order chi connectivity index (χ0) is 68.3. The molecule has 0 spiro atoms. The molecule has 20 aromatic rings. The Morgan fingerprint density at radius 3 is 0.882 bits per heavy atom. The molecule has 102 heavy (non-hydrogen) atoms. The van der Waals surface area contributed by atoms with Crippen LogP contribution >= 0.6 is 0 Å². The minimum absolute atomic E-state index is 1.25. The van der Waals surface area contributed by atoms with Crippen LogP contribution in [0.4, 0.5) is 34.1 Å². The van der Waals surface area contributed by atoms with E-state index in [2.05, 4.69) is 399 Å². The van der Waals surface area contributed by atoms with Crippen LogP contribution < -0.4 is 14.7 Å². The Morgan fingerprint density at radius 2 is 0.431 bits per heavy atom. The fraction of sp³-hybridized carbons (Fsp3) is 0.0515. The molecule has 0 amide bonds. The molecule has 5 nitrogen and oxygen atoms in total. The Bertz CT molecular complexity index is 6470. The highest BCUT2D eigenvalue weighted by atomic mass is 15.1. The number of hydrogen-bond donors (Lipinski definition) is 0. The molecule has 2 aromatic heterocycles. The minimum atomic E-state index is 1.25. The molecule has 3 aliphatic heterocycles. The van der Waals surface area contributed by atoms with Crippen molar-refractivity contribution in [2.24, 2.45) is 14.1 Å². The van der Waals surface area contributed by atoms with Crippen molar-refractivity contribution >= 4 is 164 Å². The van der Waals surface area contributed by atoms with Crippen LogP contribution in [0.15, 0.2) is 340 Å². The maximum atomic E-state index is 2.32. The van der Waals surface area contributed by atoms with Gasteiger partial charge in [0, 0.05) is 151 Å². The number of aromatic nitrogens is 2. The third-order valence-corrected chi connectivity index (χ3v) is 21.9. The summed E-state index contributed by atoms with van der Waals surface area (Å²) in [5.41, 5.74) is 20.7. The second-order valence-corrected chi connectivity index (χ2v) is 27.3. The number of benzene rings is 18. The van der Waals surface area contributed by atoms with Crippen molar-refractivity contribution in [2.45, 2.75) is 0 Å². The molecule has 0 saturated carbocycles. The van der Waals surface area contributed by atoms with Gasteiger partial charge in [0.2, 0.25) is 0 Å². The molecular weight excluding hydrogens is 1240 g/mol. The number of para-hydroxylation sites is 3. The molecule has 484 valence electrons. The van der Waals surface area contributed by atoms with Crippen LogP contribution in [0.3, 0.4) is 0 Å². The monoisotopic (exact) mass is 1310 g/mol. The van der Waals surface area contributed by atoms with E-state index < -0.39 is 0 Å². The molecule has 0 radical (unpaired) electrons. The average molecular weight is 1310 g/mol. The Labute approximate surface area is 592 Å². The summed E-state index contributed by atoms with van der Waals surface area (Å²) in [5, 5.41) is 26.7. The maximum absolute atomic E-state index is 2.32. The molecule has 0 atom stereocenters. The highest BCUT2D eigenvalue weighted by Gasteiger charge is 2.25. The largest absolute Gasteiger partial charge is 0.344 e. The summed E-state index contributed by atoms with van der Waals surface area (Å²) in [6, 6.07) is 122. The van der Waals surface area contributed by atoms with Crippen molar-refractivity contribution in [3.8, 4) is 33.4 Å². The summed E-state index contributed by atoms with van der Waals surface area (Å²) >= 11 is 0. The Morgan fingerprint density at radius 1 is 0.157 bits per heavy atom. The topological polar surface area (TPSA) is 19.6 Å². The molecule has 0 aliphatic carbocycles. The van der Waals surface area contributed by atoms with Crippen molar-refractivity contribution in [2.75, 3.05) is 35.8 Å². The van der Waals surface area contributed by atoms with Crippen LogP contribution in [-0.4, -0.2) is 30.3 Å². The zero-order valence-electron chi connectivity index (χ0n) is 57.6.